The smallest absolute Gasteiger partial charge is 0.271 e. The average molecular weight is 566 g/mol. The lowest BCUT2D eigenvalue weighted by Gasteiger charge is -2.31. The number of nitro groups is 1. The maximum absolute atomic E-state index is 13.9. The molecule has 41 heavy (non-hydrogen) atoms. The van der Waals surface area contributed by atoms with Crippen molar-refractivity contribution in [3.63, 3.8) is 0 Å². The van der Waals surface area contributed by atoms with E-state index in [0.29, 0.717) is 14.9 Å². The number of hydrogen-bond donors (Lipinski definition) is 0. The molecule has 0 spiro atoms. The van der Waals surface area contributed by atoms with Crippen LogP contribution in [0.25, 0.3) is 12.2 Å². The topological polar surface area (TPSA) is 96.0 Å². The van der Waals surface area contributed by atoms with Crippen LogP contribution in [0.4, 0.5) is 5.69 Å². The van der Waals surface area contributed by atoms with E-state index in [-0.39, 0.29) is 17.3 Å². The average Bonchev–Trinajstić information content (AvgIpc) is 3.31. The molecule has 4 aromatic rings. The van der Waals surface area contributed by atoms with E-state index < -0.39 is 4.92 Å². The second-order valence-electron chi connectivity index (χ2n) is 9.87. The monoisotopic (exact) mass is 565 g/mol. The third kappa shape index (κ3) is 5.12. The Morgan fingerprint density at radius 2 is 1.51 bits per heavy atom. The number of rotatable bonds is 6. The summed E-state index contributed by atoms with van der Waals surface area (Å²) in [4.78, 5) is 30.3. The summed E-state index contributed by atoms with van der Waals surface area (Å²) >= 11 is 1.33. The van der Waals surface area contributed by atoms with Crippen LogP contribution >= 0.6 is 11.3 Å². The van der Waals surface area contributed by atoms with E-state index in [1.165, 1.54) is 23.5 Å². The van der Waals surface area contributed by atoms with Crippen LogP contribution in [0.15, 0.2) is 99.4 Å². The first-order valence-electron chi connectivity index (χ1n) is 13.2. The summed E-state index contributed by atoms with van der Waals surface area (Å²) in [6.45, 7) is 0. The molecule has 2 aliphatic rings. The summed E-state index contributed by atoms with van der Waals surface area (Å²) in [7, 11) is 3.29. The lowest BCUT2D eigenvalue weighted by atomic mass is 9.84. The largest absolute Gasteiger partial charge is 0.497 e. The molecule has 0 amide bonds. The van der Waals surface area contributed by atoms with Gasteiger partial charge in [-0.2, -0.15) is 0 Å². The van der Waals surface area contributed by atoms with Gasteiger partial charge >= 0.3 is 0 Å². The number of allylic oxidation sites excluding steroid dienone is 2. The van der Waals surface area contributed by atoms with E-state index in [2.05, 4.69) is 6.08 Å². The highest BCUT2D eigenvalue weighted by Gasteiger charge is 2.32. The van der Waals surface area contributed by atoms with Crippen molar-refractivity contribution < 1.29 is 14.4 Å². The van der Waals surface area contributed by atoms with Crippen LogP contribution in [-0.2, 0) is 0 Å². The van der Waals surface area contributed by atoms with Gasteiger partial charge in [-0.3, -0.25) is 19.5 Å². The quantitative estimate of drug-likeness (QED) is 0.230. The number of hydrogen-bond acceptors (Lipinski definition) is 7. The third-order valence-electron chi connectivity index (χ3n) is 7.42. The van der Waals surface area contributed by atoms with Gasteiger partial charge in [0.2, 0.25) is 0 Å². The minimum absolute atomic E-state index is 0.00645. The maximum Gasteiger partial charge on any atom is 0.271 e. The zero-order chi connectivity index (χ0) is 28.5. The molecule has 0 N–H and O–H groups in total. The standard InChI is InChI=1S/C32H27N3O5S/c1-39-25-14-8-20(9-15-25)18-23-4-3-5-27-29(23)33-32-34(30(27)22-10-16-26(40-2)17-11-22)31(36)28(41-32)19-21-6-12-24(13-7-21)35(37)38/h6-19,30H,3-5H2,1-2H3/b23-18+,28-19?/t30-/m0/s1. The van der Waals surface area contributed by atoms with E-state index in [1.54, 1.807) is 37.0 Å². The highest BCUT2D eigenvalue weighted by atomic mass is 32.1. The number of nitrogens with zero attached hydrogens (tertiary/aromatic N) is 3. The van der Waals surface area contributed by atoms with Crippen LogP contribution < -0.4 is 24.4 Å². The molecule has 0 unspecified atom stereocenters. The molecule has 0 radical (unpaired) electrons. The van der Waals surface area contributed by atoms with Crippen molar-refractivity contribution in [1.29, 1.82) is 0 Å². The van der Waals surface area contributed by atoms with Crippen LogP contribution in [0.5, 0.6) is 11.5 Å². The number of non-ortho nitro benzene ring substituents is 1. The molecular weight excluding hydrogens is 538 g/mol. The van der Waals surface area contributed by atoms with E-state index >= 15 is 0 Å². The van der Waals surface area contributed by atoms with Crippen molar-refractivity contribution in [2.75, 3.05) is 14.2 Å². The second kappa shape index (κ2) is 11.0. The summed E-state index contributed by atoms with van der Waals surface area (Å²) < 4.78 is 13.0. The molecule has 0 saturated carbocycles. The van der Waals surface area contributed by atoms with Gasteiger partial charge in [-0.1, -0.05) is 35.6 Å². The minimum atomic E-state index is -0.436. The molecule has 6 rings (SSSR count). The molecule has 206 valence electrons. The van der Waals surface area contributed by atoms with Crippen molar-refractivity contribution in [2.45, 2.75) is 25.3 Å². The summed E-state index contributed by atoms with van der Waals surface area (Å²) in [5, 5.41) is 11.1. The number of benzene rings is 3. The zero-order valence-corrected chi connectivity index (χ0v) is 23.4. The molecule has 0 saturated heterocycles. The Morgan fingerprint density at radius 3 is 2.15 bits per heavy atom. The lowest BCUT2D eigenvalue weighted by molar-refractivity contribution is -0.384. The van der Waals surface area contributed by atoms with Crippen molar-refractivity contribution in [3.05, 3.63) is 136 Å². The summed E-state index contributed by atoms with van der Waals surface area (Å²) in [6, 6.07) is 21.7. The predicted octanol–water partition coefficient (Wildman–Crippen LogP) is 5.41. The number of methoxy groups -OCH3 is 2. The second-order valence-corrected chi connectivity index (χ2v) is 10.9. The number of aromatic nitrogens is 1. The summed E-state index contributed by atoms with van der Waals surface area (Å²) in [5.41, 5.74) is 5.84. The summed E-state index contributed by atoms with van der Waals surface area (Å²) in [5.74, 6) is 1.55. The highest BCUT2D eigenvalue weighted by molar-refractivity contribution is 7.07. The van der Waals surface area contributed by atoms with E-state index in [1.807, 2.05) is 48.5 Å². The Balaban J connectivity index is 1.52. The zero-order valence-electron chi connectivity index (χ0n) is 22.6. The van der Waals surface area contributed by atoms with Crippen LogP contribution in [0, 0.1) is 10.1 Å². The first kappa shape index (κ1) is 26.5. The van der Waals surface area contributed by atoms with E-state index in [9.17, 15) is 14.9 Å². The Hall–Kier alpha value is -4.76. The molecular formula is C32H27N3O5S. The minimum Gasteiger partial charge on any atom is -0.497 e. The van der Waals surface area contributed by atoms with Crippen LogP contribution in [0.3, 0.4) is 0 Å². The molecule has 1 aliphatic carbocycles. The fraction of sp³-hybridized carbons (Fsp3) is 0.188. The fourth-order valence-electron chi connectivity index (χ4n) is 5.39. The van der Waals surface area contributed by atoms with E-state index in [0.717, 1.165) is 58.7 Å². The Labute approximate surface area is 240 Å². The number of nitro benzene ring substituents is 1. The van der Waals surface area contributed by atoms with Gasteiger partial charge in [-0.05, 0) is 95.6 Å². The van der Waals surface area contributed by atoms with Crippen molar-refractivity contribution >= 4 is 29.2 Å². The van der Waals surface area contributed by atoms with Crippen LogP contribution in [-0.4, -0.2) is 23.7 Å². The SMILES string of the molecule is COc1ccc(/C=C2\CCCC3=C2N=c2sc(=Cc4ccc([N+](=O)[O-])cc4)c(=O)n2[C@H]3c2ccc(OC)cc2)cc1. The molecule has 9 heteroatoms. The van der Waals surface area contributed by atoms with Crippen LogP contribution in [0.1, 0.15) is 42.0 Å². The Kier molecular flexibility index (Phi) is 7.11. The molecule has 8 nitrogen and oxygen atoms in total. The number of ether oxygens (including phenoxy) is 2. The summed E-state index contributed by atoms with van der Waals surface area (Å²) in [6.07, 6.45) is 6.63. The molecule has 1 aliphatic heterocycles. The number of fused-ring (bicyclic) bond motifs is 1. The lowest BCUT2D eigenvalue weighted by Crippen LogP contribution is -2.39. The van der Waals surface area contributed by atoms with Gasteiger partial charge in [0.1, 0.15) is 11.5 Å². The molecule has 0 fully saturated rings. The van der Waals surface area contributed by atoms with Gasteiger partial charge in [0.05, 0.1) is 35.4 Å². The van der Waals surface area contributed by atoms with Crippen molar-refractivity contribution in [3.8, 4) is 11.5 Å². The molecule has 1 aromatic heterocycles. The van der Waals surface area contributed by atoms with Crippen molar-refractivity contribution in [2.24, 2.45) is 4.99 Å². The van der Waals surface area contributed by atoms with Gasteiger partial charge in [-0.25, -0.2) is 4.99 Å². The molecule has 3 aromatic carbocycles. The normalized spacial score (nSPS) is 17.6. The molecule has 2 heterocycles. The van der Waals surface area contributed by atoms with Gasteiger partial charge < -0.3 is 9.47 Å². The maximum atomic E-state index is 13.9. The Bertz CT molecular complexity index is 1870. The molecule has 1 atom stereocenters. The third-order valence-corrected chi connectivity index (χ3v) is 8.41. The first-order chi connectivity index (χ1) is 19.9. The molecule has 0 bridgehead atoms. The van der Waals surface area contributed by atoms with Gasteiger partial charge in [0, 0.05) is 12.1 Å². The van der Waals surface area contributed by atoms with Gasteiger partial charge in [-0.15, -0.1) is 0 Å². The van der Waals surface area contributed by atoms with Crippen molar-refractivity contribution in [1.82, 2.24) is 4.57 Å². The highest BCUT2D eigenvalue weighted by Crippen LogP contribution is 2.41. The van der Waals surface area contributed by atoms with Gasteiger partial charge in [0.15, 0.2) is 4.80 Å². The Morgan fingerprint density at radius 1 is 0.902 bits per heavy atom. The van der Waals surface area contributed by atoms with Crippen LogP contribution in [0.2, 0.25) is 0 Å². The number of thiazole rings is 1. The predicted molar refractivity (Wildman–Crippen MR) is 159 cm³/mol. The fourth-order valence-corrected chi connectivity index (χ4v) is 6.39. The van der Waals surface area contributed by atoms with Gasteiger partial charge in [0.25, 0.3) is 11.2 Å². The first-order valence-corrected chi connectivity index (χ1v) is 14.0. The van der Waals surface area contributed by atoms with E-state index in [4.69, 9.17) is 14.5 Å².